The maximum Gasteiger partial charge on any atom is -0.0112 e. The van der Waals surface area contributed by atoms with Gasteiger partial charge in [-0.25, -0.2) is 0 Å². The van der Waals surface area contributed by atoms with Gasteiger partial charge in [-0.05, 0) is 11.8 Å². The highest BCUT2D eigenvalue weighted by atomic mass is 14.2. The second kappa shape index (κ2) is 2.86. The Balaban J connectivity index is 4.13. The Bertz CT molecular complexity index is 118. The van der Waals surface area contributed by atoms with Gasteiger partial charge in [-0.3, -0.25) is 0 Å². The molecule has 0 aliphatic rings. The van der Waals surface area contributed by atoms with E-state index in [1.165, 1.54) is 0 Å². The zero-order valence-corrected chi connectivity index (χ0v) is 6.70. The van der Waals surface area contributed by atoms with Crippen LogP contribution in [-0.2, 0) is 0 Å². The summed E-state index contributed by atoms with van der Waals surface area (Å²) in [4.78, 5) is 0. The fraction of sp³-hybridized carbons (Fsp3) is 0.556. The first-order valence-electron chi connectivity index (χ1n) is 3.36. The Labute approximate surface area is 58.3 Å². The molecular weight excluding hydrogens is 108 g/mol. The van der Waals surface area contributed by atoms with E-state index in [0.29, 0.717) is 0 Å². The van der Waals surface area contributed by atoms with Gasteiger partial charge in [-0.2, -0.15) is 0 Å². The average molecular weight is 124 g/mol. The van der Waals surface area contributed by atoms with E-state index in [2.05, 4.69) is 33.9 Å². The summed E-state index contributed by atoms with van der Waals surface area (Å²) in [6.45, 7) is 14.1. The molecule has 0 aromatic heterocycles. The number of hydrogen-bond acceptors (Lipinski definition) is 0. The lowest BCUT2D eigenvalue weighted by Crippen LogP contribution is -2.10. The second-order valence-corrected chi connectivity index (χ2v) is 2.97. The highest BCUT2D eigenvalue weighted by Gasteiger charge is 2.15. The molecule has 0 spiro atoms. The highest BCUT2D eigenvalue weighted by molar-refractivity contribution is 5.18. The topological polar surface area (TPSA) is 0 Å². The van der Waals surface area contributed by atoms with Gasteiger partial charge in [0.1, 0.15) is 0 Å². The molecule has 0 aliphatic carbocycles. The van der Waals surface area contributed by atoms with Crippen molar-refractivity contribution in [2.45, 2.75) is 27.2 Å². The van der Waals surface area contributed by atoms with E-state index in [9.17, 15) is 0 Å². The number of allylic oxidation sites excluding steroid dienone is 2. The summed E-state index contributed by atoms with van der Waals surface area (Å²) >= 11 is 0. The van der Waals surface area contributed by atoms with Gasteiger partial charge in [-0.1, -0.05) is 45.6 Å². The summed E-state index contributed by atoms with van der Waals surface area (Å²) in [5.41, 5.74) is 1.37. The molecule has 0 saturated carbocycles. The Morgan fingerprint density at radius 1 is 1.56 bits per heavy atom. The quantitative estimate of drug-likeness (QED) is 0.507. The Kier molecular flexibility index (Phi) is 2.69. The van der Waals surface area contributed by atoms with Crippen LogP contribution in [-0.4, -0.2) is 0 Å². The summed E-state index contributed by atoms with van der Waals surface area (Å²) in [5.74, 6) is 0. The van der Waals surface area contributed by atoms with Crippen molar-refractivity contribution in [2.24, 2.45) is 5.41 Å². The maximum atomic E-state index is 3.90. The molecule has 0 rings (SSSR count). The molecule has 0 nitrogen and oxygen atoms in total. The molecule has 0 fully saturated rings. The molecule has 0 heteroatoms. The average Bonchev–Trinajstić information content (AvgIpc) is 1.86. The minimum Gasteiger partial charge on any atom is -0.0988 e. The van der Waals surface area contributed by atoms with Crippen molar-refractivity contribution in [1.29, 1.82) is 0 Å². The summed E-state index contributed by atoms with van der Waals surface area (Å²) in [6, 6.07) is 0. The van der Waals surface area contributed by atoms with Crippen LogP contribution < -0.4 is 0 Å². The third-order valence-electron chi connectivity index (χ3n) is 2.00. The van der Waals surface area contributed by atoms with Crippen molar-refractivity contribution in [2.75, 3.05) is 0 Å². The van der Waals surface area contributed by atoms with Gasteiger partial charge in [-0.15, -0.1) is 0 Å². The molecule has 52 valence electrons. The van der Waals surface area contributed by atoms with Gasteiger partial charge >= 0.3 is 0 Å². The summed E-state index contributed by atoms with van der Waals surface area (Å²) in [5, 5.41) is 0. The molecule has 9 heavy (non-hydrogen) atoms. The third kappa shape index (κ3) is 2.05. The molecule has 0 heterocycles. The van der Waals surface area contributed by atoms with Gasteiger partial charge in [0, 0.05) is 0 Å². The summed E-state index contributed by atoms with van der Waals surface area (Å²) in [6.07, 6.45) is 2.96. The van der Waals surface area contributed by atoms with Crippen molar-refractivity contribution >= 4 is 0 Å². The van der Waals surface area contributed by atoms with E-state index >= 15 is 0 Å². The molecule has 0 atom stereocenters. The molecule has 0 radical (unpaired) electrons. The van der Waals surface area contributed by atoms with Crippen LogP contribution in [0.5, 0.6) is 0 Å². The molecule has 0 amide bonds. The van der Waals surface area contributed by atoms with E-state index in [1.54, 1.807) is 0 Å². The first-order chi connectivity index (χ1) is 4.04. The van der Waals surface area contributed by atoms with Crippen LogP contribution in [0.4, 0.5) is 0 Å². The Morgan fingerprint density at radius 3 is 2.11 bits per heavy atom. The first kappa shape index (κ1) is 8.48. The van der Waals surface area contributed by atoms with Crippen molar-refractivity contribution < 1.29 is 0 Å². The van der Waals surface area contributed by atoms with E-state index < -0.39 is 0 Å². The van der Waals surface area contributed by atoms with Gasteiger partial charge in [0.15, 0.2) is 0 Å². The van der Waals surface area contributed by atoms with Gasteiger partial charge < -0.3 is 0 Å². The van der Waals surface area contributed by atoms with Crippen LogP contribution in [0.25, 0.3) is 0 Å². The highest BCUT2D eigenvalue weighted by Crippen LogP contribution is 2.28. The Morgan fingerprint density at radius 2 is 2.00 bits per heavy atom. The fourth-order valence-corrected chi connectivity index (χ4v) is 0.503. The van der Waals surface area contributed by atoms with Crippen LogP contribution in [0, 0.1) is 5.41 Å². The van der Waals surface area contributed by atoms with Crippen LogP contribution in [0.15, 0.2) is 24.8 Å². The van der Waals surface area contributed by atoms with Crippen molar-refractivity contribution in [1.82, 2.24) is 0 Å². The molecule has 0 aromatic carbocycles. The van der Waals surface area contributed by atoms with Gasteiger partial charge in [0.05, 0.1) is 0 Å². The predicted molar refractivity (Wildman–Crippen MR) is 43.4 cm³/mol. The number of rotatable bonds is 3. The molecule has 0 aromatic rings. The molecule has 0 bridgehead atoms. The van der Waals surface area contributed by atoms with Gasteiger partial charge in [0.2, 0.25) is 0 Å². The third-order valence-corrected chi connectivity index (χ3v) is 2.00. The van der Waals surface area contributed by atoms with E-state index in [4.69, 9.17) is 0 Å². The second-order valence-electron chi connectivity index (χ2n) is 2.97. The normalized spacial score (nSPS) is 11.0. The van der Waals surface area contributed by atoms with Crippen molar-refractivity contribution in [3.8, 4) is 0 Å². The first-order valence-corrected chi connectivity index (χ1v) is 3.36. The smallest absolute Gasteiger partial charge is 0.0112 e. The summed E-state index contributed by atoms with van der Waals surface area (Å²) < 4.78 is 0. The van der Waals surface area contributed by atoms with Crippen LogP contribution in [0.2, 0.25) is 0 Å². The van der Waals surface area contributed by atoms with Crippen molar-refractivity contribution in [3.63, 3.8) is 0 Å². The zero-order chi connectivity index (χ0) is 7.49. The predicted octanol–water partition coefficient (Wildman–Crippen LogP) is 3.16. The zero-order valence-electron chi connectivity index (χ0n) is 6.70. The van der Waals surface area contributed by atoms with Crippen molar-refractivity contribution in [3.05, 3.63) is 24.8 Å². The van der Waals surface area contributed by atoms with Gasteiger partial charge in [0.25, 0.3) is 0 Å². The fourth-order valence-electron chi connectivity index (χ4n) is 0.503. The van der Waals surface area contributed by atoms with E-state index in [-0.39, 0.29) is 5.41 Å². The monoisotopic (exact) mass is 124 g/mol. The van der Waals surface area contributed by atoms with E-state index in [0.717, 1.165) is 12.0 Å². The Hall–Kier alpha value is -0.520. The van der Waals surface area contributed by atoms with Crippen LogP contribution >= 0.6 is 0 Å². The lowest BCUT2D eigenvalue weighted by atomic mass is 9.83. The van der Waals surface area contributed by atoms with Crippen LogP contribution in [0.3, 0.4) is 0 Å². The lowest BCUT2D eigenvalue weighted by Gasteiger charge is -2.22. The molecule has 0 aliphatic heterocycles. The standard InChI is InChI=1S/C9H16/c1-6-8(3)9(4,5)7-2/h6H,1,3,7H2,2,4-5H3. The molecular formula is C9H16. The minimum atomic E-state index is 0.238. The van der Waals surface area contributed by atoms with E-state index in [1.807, 2.05) is 6.08 Å². The minimum absolute atomic E-state index is 0.238. The SMILES string of the molecule is C=CC(=C)C(C)(C)CC. The molecule has 0 N–H and O–H groups in total. The maximum absolute atomic E-state index is 3.90. The van der Waals surface area contributed by atoms with Crippen LogP contribution in [0.1, 0.15) is 27.2 Å². The molecule has 0 saturated heterocycles. The molecule has 0 unspecified atom stereocenters. The summed E-state index contributed by atoms with van der Waals surface area (Å²) in [7, 11) is 0. The largest absolute Gasteiger partial charge is 0.0988 e. The number of hydrogen-bond donors (Lipinski definition) is 0. The lowest BCUT2D eigenvalue weighted by molar-refractivity contribution is 0.441.